The second-order valence-electron chi connectivity index (χ2n) is 2.65. The predicted octanol–water partition coefficient (Wildman–Crippen LogP) is 0.671. The molecule has 4 heteroatoms. The van der Waals surface area contributed by atoms with Crippen molar-refractivity contribution in [3.8, 4) is 0 Å². The Morgan fingerprint density at radius 2 is 2.00 bits per heavy atom. The van der Waals surface area contributed by atoms with Crippen LogP contribution in [0.5, 0.6) is 0 Å². The van der Waals surface area contributed by atoms with Crippen molar-refractivity contribution < 1.29 is 4.79 Å². The summed E-state index contributed by atoms with van der Waals surface area (Å²) in [6.07, 6.45) is -0.00135. The van der Waals surface area contributed by atoms with E-state index in [2.05, 4.69) is 5.32 Å². The number of nitrogens with one attached hydrogen (secondary N) is 1. The molecule has 66 valence electrons. The molecule has 0 spiro atoms. The van der Waals surface area contributed by atoms with Crippen LogP contribution >= 0.6 is 0 Å². The van der Waals surface area contributed by atoms with E-state index in [9.17, 15) is 4.79 Å². The molecule has 0 aromatic heterocycles. The van der Waals surface area contributed by atoms with Crippen LogP contribution in [-0.2, 0) is 11.3 Å². The third-order valence-electron chi connectivity index (χ3n) is 1.66. The van der Waals surface area contributed by atoms with E-state index in [1.807, 2.05) is 12.1 Å². The lowest BCUT2D eigenvalue weighted by molar-refractivity contribution is -0.114. The maximum Gasteiger partial charge on any atom is 0.215 e. The number of hydrogen-bond donors (Lipinski definition) is 2. The molecule has 0 bridgehead atoms. The molecule has 0 fully saturated rings. The number of nitrogens with two attached hydrogens (primary N) is 1. The van der Waals surface area contributed by atoms with Crippen LogP contribution < -0.4 is 11.1 Å². The van der Waals surface area contributed by atoms with Gasteiger partial charge in [0.15, 0.2) is 0 Å². The Morgan fingerprint density at radius 3 is 2.46 bits per heavy atom. The Morgan fingerprint density at radius 1 is 1.38 bits per heavy atom. The highest BCUT2D eigenvalue weighted by molar-refractivity contribution is 6.22. The number of amides is 1. The average Bonchev–Trinajstić information content (AvgIpc) is 2.19. The van der Waals surface area contributed by atoms with Gasteiger partial charge in [-0.3, -0.25) is 4.79 Å². The Balaban J connectivity index is 2.64. The summed E-state index contributed by atoms with van der Waals surface area (Å²) >= 11 is 0. The van der Waals surface area contributed by atoms with Crippen LogP contribution in [0.1, 0.15) is 5.56 Å². The number of hydrogen-bond acceptors (Lipinski definition) is 2. The first-order valence-corrected chi connectivity index (χ1v) is 4.05. The molecule has 2 radical (unpaired) electrons. The van der Waals surface area contributed by atoms with Gasteiger partial charge in [0, 0.05) is 12.2 Å². The minimum Gasteiger partial charge on any atom is -0.327 e. The fourth-order valence-corrected chi connectivity index (χ4v) is 0.936. The molecule has 0 atom stereocenters. The van der Waals surface area contributed by atoms with E-state index < -0.39 is 0 Å². The van der Waals surface area contributed by atoms with Crippen molar-refractivity contribution in [2.75, 3.05) is 5.32 Å². The van der Waals surface area contributed by atoms with E-state index in [1.54, 1.807) is 12.1 Å². The predicted molar refractivity (Wildman–Crippen MR) is 53.5 cm³/mol. The van der Waals surface area contributed by atoms with Crippen LogP contribution in [0.25, 0.3) is 0 Å². The molecule has 0 aliphatic heterocycles. The number of anilines is 1. The van der Waals surface area contributed by atoms with Crippen LogP contribution in [0.3, 0.4) is 0 Å². The van der Waals surface area contributed by atoms with Crippen molar-refractivity contribution in [1.29, 1.82) is 0 Å². The third-order valence-corrected chi connectivity index (χ3v) is 1.66. The molecule has 1 aromatic carbocycles. The Labute approximate surface area is 78.7 Å². The molecular weight excluding hydrogens is 163 g/mol. The number of benzene rings is 1. The largest absolute Gasteiger partial charge is 0.327 e. The lowest BCUT2D eigenvalue weighted by Gasteiger charge is -2.03. The Hall–Kier alpha value is -1.29. The quantitative estimate of drug-likeness (QED) is 0.661. The van der Waals surface area contributed by atoms with Crippen molar-refractivity contribution in [2.24, 2.45) is 5.73 Å². The van der Waals surface area contributed by atoms with Crippen LogP contribution in [0.2, 0.25) is 6.32 Å². The first-order chi connectivity index (χ1) is 6.26. The molecule has 13 heavy (non-hydrogen) atoms. The molecule has 1 amide bonds. The zero-order valence-electron chi connectivity index (χ0n) is 7.29. The summed E-state index contributed by atoms with van der Waals surface area (Å²) in [5.74, 6) is -0.194. The smallest absolute Gasteiger partial charge is 0.215 e. The zero-order valence-corrected chi connectivity index (χ0v) is 7.29. The van der Waals surface area contributed by atoms with Crippen molar-refractivity contribution in [2.45, 2.75) is 12.9 Å². The monoisotopic (exact) mass is 174 g/mol. The fourth-order valence-electron chi connectivity index (χ4n) is 0.936. The molecule has 1 aromatic rings. The summed E-state index contributed by atoms with van der Waals surface area (Å²) in [6.45, 7) is 0.505. The lowest BCUT2D eigenvalue weighted by Crippen LogP contribution is -2.10. The minimum atomic E-state index is -0.194. The van der Waals surface area contributed by atoms with Crippen molar-refractivity contribution in [3.63, 3.8) is 0 Å². The maximum absolute atomic E-state index is 10.9. The number of carbonyl (C=O) groups excluding carboxylic acids is 1. The molecule has 0 aliphatic carbocycles. The molecule has 0 saturated heterocycles. The van der Waals surface area contributed by atoms with Crippen LogP contribution in [0.4, 0.5) is 5.69 Å². The van der Waals surface area contributed by atoms with E-state index in [4.69, 9.17) is 13.6 Å². The summed E-state index contributed by atoms with van der Waals surface area (Å²) in [4.78, 5) is 10.9. The van der Waals surface area contributed by atoms with E-state index in [1.165, 1.54) is 0 Å². The maximum atomic E-state index is 10.9. The molecule has 0 unspecified atom stereocenters. The van der Waals surface area contributed by atoms with Gasteiger partial charge < -0.3 is 11.1 Å². The molecule has 0 aliphatic rings. The molecule has 1 rings (SSSR count). The van der Waals surface area contributed by atoms with Crippen molar-refractivity contribution in [3.05, 3.63) is 29.8 Å². The standard InChI is InChI=1S/C9H11BN2O/c10-5-9(13)12-8-3-1-7(6-11)2-4-8/h1-4H,5-6,11H2,(H,12,13). The summed E-state index contributed by atoms with van der Waals surface area (Å²) in [7, 11) is 5.14. The van der Waals surface area contributed by atoms with Gasteiger partial charge in [-0.15, -0.1) is 0 Å². The van der Waals surface area contributed by atoms with Crippen molar-refractivity contribution >= 4 is 19.4 Å². The highest BCUT2D eigenvalue weighted by Crippen LogP contribution is 2.08. The lowest BCUT2D eigenvalue weighted by atomic mass is 10.0. The first kappa shape index (κ1) is 9.80. The molecular formula is C9H11BN2O. The summed E-state index contributed by atoms with van der Waals surface area (Å²) in [5.41, 5.74) is 7.20. The fraction of sp³-hybridized carbons (Fsp3) is 0.222. The van der Waals surface area contributed by atoms with Gasteiger partial charge in [-0.2, -0.15) is 0 Å². The first-order valence-electron chi connectivity index (χ1n) is 4.05. The Kier molecular flexibility index (Phi) is 3.52. The van der Waals surface area contributed by atoms with Gasteiger partial charge in [0.2, 0.25) is 5.91 Å². The number of carbonyl (C=O) groups is 1. The summed E-state index contributed by atoms with van der Waals surface area (Å²) in [5, 5.41) is 2.64. The second kappa shape index (κ2) is 4.67. The van der Waals surface area contributed by atoms with Crippen LogP contribution in [0, 0.1) is 0 Å². The highest BCUT2D eigenvalue weighted by atomic mass is 16.1. The zero-order chi connectivity index (χ0) is 9.68. The third kappa shape index (κ3) is 2.91. The van der Waals surface area contributed by atoms with Gasteiger partial charge in [-0.25, -0.2) is 0 Å². The summed E-state index contributed by atoms with van der Waals surface area (Å²) < 4.78 is 0. The van der Waals surface area contributed by atoms with E-state index in [0.717, 1.165) is 11.3 Å². The molecule has 0 heterocycles. The van der Waals surface area contributed by atoms with Crippen molar-refractivity contribution in [1.82, 2.24) is 0 Å². The SMILES string of the molecule is [B]CC(=O)Nc1ccc(CN)cc1. The van der Waals surface area contributed by atoms with Gasteiger partial charge in [0.1, 0.15) is 0 Å². The topological polar surface area (TPSA) is 55.1 Å². The highest BCUT2D eigenvalue weighted by Gasteiger charge is 1.97. The number of rotatable bonds is 3. The van der Waals surface area contributed by atoms with Gasteiger partial charge in [0.25, 0.3) is 0 Å². The second-order valence-corrected chi connectivity index (χ2v) is 2.65. The van der Waals surface area contributed by atoms with E-state index >= 15 is 0 Å². The molecule has 3 nitrogen and oxygen atoms in total. The average molecular weight is 174 g/mol. The van der Waals surface area contributed by atoms with Gasteiger partial charge in [-0.1, -0.05) is 12.1 Å². The molecule has 0 saturated carbocycles. The van der Waals surface area contributed by atoms with E-state index in [-0.39, 0.29) is 12.2 Å². The minimum absolute atomic E-state index is 0.00135. The summed E-state index contributed by atoms with van der Waals surface area (Å²) in [6, 6.07) is 7.34. The van der Waals surface area contributed by atoms with Gasteiger partial charge in [-0.05, 0) is 24.0 Å². The van der Waals surface area contributed by atoms with Crippen LogP contribution in [-0.4, -0.2) is 13.8 Å². The molecule has 3 N–H and O–H groups in total. The van der Waals surface area contributed by atoms with Gasteiger partial charge >= 0.3 is 0 Å². The normalized spacial score (nSPS) is 9.62. The Bertz CT molecular complexity index is 284. The van der Waals surface area contributed by atoms with E-state index in [0.29, 0.717) is 6.54 Å². The van der Waals surface area contributed by atoms with Crippen LogP contribution in [0.15, 0.2) is 24.3 Å². The van der Waals surface area contributed by atoms with Gasteiger partial charge in [0.05, 0.1) is 7.85 Å².